The van der Waals surface area contributed by atoms with Gasteiger partial charge in [-0.05, 0) is 67.6 Å². The Morgan fingerprint density at radius 2 is 1.72 bits per heavy atom. The van der Waals surface area contributed by atoms with E-state index < -0.39 is 0 Å². The maximum Gasteiger partial charge on any atom is 0.266 e. The average molecular weight is 577 g/mol. The standard InChI is InChI=1S/C33H33FN8O/c1-38-12-14-39(15-13-38)16-17-40-23-28(22-36-40)27-19-26-18-24(2-5-30(26)35-21-27)8-11-42-33(43)7-6-32(37-42)41-10-9-25-3-4-29(34)20-31(25)41/h2-7,9-10,18-23H,8,11-17H2,1H3. The van der Waals surface area contributed by atoms with Crippen LogP contribution in [-0.2, 0) is 19.5 Å². The lowest BCUT2D eigenvalue weighted by Crippen LogP contribution is -2.45. The van der Waals surface area contributed by atoms with Crippen molar-refractivity contribution in [1.82, 2.24) is 38.9 Å². The zero-order chi connectivity index (χ0) is 29.3. The van der Waals surface area contributed by atoms with Crippen LogP contribution >= 0.6 is 0 Å². The molecule has 0 bridgehead atoms. The average Bonchev–Trinajstić information content (AvgIpc) is 3.67. The first-order chi connectivity index (χ1) is 21.0. The summed E-state index contributed by atoms with van der Waals surface area (Å²) in [7, 11) is 2.17. The third-order valence-electron chi connectivity index (χ3n) is 8.32. The Balaban J connectivity index is 1.06. The Bertz CT molecular complexity index is 1970. The number of rotatable bonds is 8. The number of hydrogen-bond acceptors (Lipinski definition) is 6. The summed E-state index contributed by atoms with van der Waals surface area (Å²) in [5, 5.41) is 11.1. The zero-order valence-electron chi connectivity index (χ0n) is 24.1. The number of nitrogens with zero attached hydrogens (tertiary/aromatic N) is 8. The van der Waals surface area contributed by atoms with E-state index in [1.165, 1.54) is 22.9 Å². The van der Waals surface area contributed by atoms with Gasteiger partial charge in [-0.15, -0.1) is 0 Å². The van der Waals surface area contributed by atoms with E-state index in [0.717, 1.165) is 72.2 Å². The summed E-state index contributed by atoms with van der Waals surface area (Å²) in [4.78, 5) is 22.2. The number of pyridine rings is 1. The third-order valence-corrected chi connectivity index (χ3v) is 8.32. The molecule has 5 heterocycles. The molecule has 0 aliphatic carbocycles. The molecule has 4 aromatic heterocycles. The minimum atomic E-state index is -0.315. The van der Waals surface area contributed by atoms with Gasteiger partial charge < -0.3 is 4.90 Å². The molecule has 43 heavy (non-hydrogen) atoms. The lowest BCUT2D eigenvalue weighted by molar-refractivity contribution is 0.149. The number of benzene rings is 2. The van der Waals surface area contributed by atoms with Crippen molar-refractivity contribution in [3.8, 4) is 16.9 Å². The number of fused-ring (bicyclic) bond motifs is 2. The molecule has 0 saturated carbocycles. The van der Waals surface area contributed by atoms with Gasteiger partial charge in [0.1, 0.15) is 5.82 Å². The van der Waals surface area contributed by atoms with Crippen LogP contribution in [0.5, 0.6) is 0 Å². The minimum Gasteiger partial charge on any atom is -0.304 e. The van der Waals surface area contributed by atoms with Crippen molar-refractivity contribution in [2.45, 2.75) is 19.5 Å². The number of halogens is 1. The van der Waals surface area contributed by atoms with E-state index in [4.69, 9.17) is 4.98 Å². The highest BCUT2D eigenvalue weighted by atomic mass is 19.1. The second kappa shape index (κ2) is 11.5. The first kappa shape index (κ1) is 27.2. The predicted octanol–water partition coefficient (Wildman–Crippen LogP) is 4.23. The summed E-state index contributed by atoms with van der Waals surface area (Å²) in [6.07, 6.45) is 8.37. The van der Waals surface area contributed by atoms with Crippen molar-refractivity contribution in [2.24, 2.45) is 0 Å². The van der Waals surface area contributed by atoms with Crippen molar-refractivity contribution in [3.05, 3.63) is 107 Å². The van der Waals surface area contributed by atoms with E-state index in [0.29, 0.717) is 24.3 Å². The van der Waals surface area contributed by atoms with Crippen molar-refractivity contribution in [3.63, 3.8) is 0 Å². The first-order valence-corrected chi connectivity index (χ1v) is 14.7. The quantitative estimate of drug-likeness (QED) is 0.270. The SMILES string of the molecule is CN1CCN(CCn2cc(-c3cnc4ccc(CCn5nc(-n6ccc7ccc(F)cc76)ccc5=O)cc4c3)cn2)CC1. The van der Waals surface area contributed by atoms with Gasteiger partial charge in [-0.1, -0.05) is 6.07 Å². The van der Waals surface area contributed by atoms with Gasteiger partial charge in [0.25, 0.3) is 5.56 Å². The Hall–Kier alpha value is -4.67. The molecule has 2 aromatic carbocycles. The molecule has 1 fully saturated rings. The zero-order valence-corrected chi connectivity index (χ0v) is 24.1. The number of hydrogen-bond donors (Lipinski definition) is 0. The van der Waals surface area contributed by atoms with Crippen LogP contribution in [0.25, 0.3) is 38.8 Å². The fourth-order valence-electron chi connectivity index (χ4n) is 5.71. The highest BCUT2D eigenvalue weighted by molar-refractivity contribution is 5.84. The van der Waals surface area contributed by atoms with Gasteiger partial charge in [0.05, 0.1) is 23.8 Å². The second-order valence-electron chi connectivity index (χ2n) is 11.3. The molecule has 9 nitrogen and oxygen atoms in total. The Morgan fingerprint density at radius 3 is 2.60 bits per heavy atom. The summed E-state index contributed by atoms with van der Waals surface area (Å²) in [5.41, 5.74) is 4.59. The van der Waals surface area contributed by atoms with Crippen molar-refractivity contribution in [2.75, 3.05) is 39.8 Å². The summed E-state index contributed by atoms with van der Waals surface area (Å²) >= 11 is 0. The van der Waals surface area contributed by atoms with Gasteiger partial charge in [0.2, 0.25) is 0 Å². The fourth-order valence-corrected chi connectivity index (χ4v) is 5.71. The predicted molar refractivity (Wildman–Crippen MR) is 166 cm³/mol. The highest BCUT2D eigenvalue weighted by Crippen LogP contribution is 2.24. The topological polar surface area (TPSA) is 77.0 Å². The smallest absolute Gasteiger partial charge is 0.266 e. The molecule has 218 valence electrons. The Kier molecular flexibility index (Phi) is 7.30. The van der Waals surface area contributed by atoms with Crippen LogP contribution in [0.15, 0.2) is 90.2 Å². The number of aromatic nitrogens is 6. The monoisotopic (exact) mass is 576 g/mol. The molecule has 7 rings (SSSR count). The molecule has 0 unspecified atom stereocenters. The molecular weight excluding hydrogens is 543 g/mol. The normalized spacial score (nSPS) is 14.7. The van der Waals surface area contributed by atoms with Crippen molar-refractivity contribution < 1.29 is 4.39 Å². The van der Waals surface area contributed by atoms with Crippen molar-refractivity contribution in [1.29, 1.82) is 0 Å². The van der Waals surface area contributed by atoms with Gasteiger partial charge in [-0.3, -0.25) is 23.9 Å². The van der Waals surface area contributed by atoms with Gasteiger partial charge in [0, 0.05) is 85.8 Å². The van der Waals surface area contributed by atoms with Crippen LogP contribution < -0.4 is 5.56 Å². The first-order valence-electron chi connectivity index (χ1n) is 14.7. The summed E-state index contributed by atoms with van der Waals surface area (Å²) < 4.78 is 19.2. The molecule has 1 aliphatic rings. The van der Waals surface area contributed by atoms with E-state index in [1.54, 1.807) is 16.7 Å². The number of aryl methyl sites for hydroxylation is 2. The molecule has 1 saturated heterocycles. The van der Waals surface area contributed by atoms with Gasteiger partial charge in [-0.25, -0.2) is 9.07 Å². The Labute approximate surface area is 248 Å². The van der Waals surface area contributed by atoms with Crippen LogP contribution in [0.3, 0.4) is 0 Å². The largest absolute Gasteiger partial charge is 0.304 e. The summed E-state index contributed by atoms with van der Waals surface area (Å²) in [6, 6.07) is 18.1. The van der Waals surface area contributed by atoms with E-state index >= 15 is 0 Å². The molecular formula is C33H33FN8O. The maximum atomic E-state index is 13.9. The summed E-state index contributed by atoms with van der Waals surface area (Å²) in [6.45, 7) is 6.70. The van der Waals surface area contributed by atoms with Gasteiger partial charge >= 0.3 is 0 Å². The molecule has 0 radical (unpaired) electrons. The maximum absolute atomic E-state index is 13.9. The molecule has 1 aliphatic heterocycles. The highest BCUT2D eigenvalue weighted by Gasteiger charge is 2.14. The molecule has 0 atom stereocenters. The van der Waals surface area contributed by atoms with E-state index in [1.807, 2.05) is 41.5 Å². The van der Waals surface area contributed by atoms with Crippen LogP contribution in [0.2, 0.25) is 0 Å². The van der Waals surface area contributed by atoms with E-state index in [-0.39, 0.29) is 11.4 Å². The molecule has 0 amide bonds. The van der Waals surface area contributed by atoms with Gasteiger partial charge in [-0.2, -0.15) is 10.2 Å². The lowest BCUT2D eigenvalue weighted by Gasteiger charge is -2.32. The van der Waals surface area contributed by atoms with Crippen LogP contribution in [0.4, 0.5) is 4.39 Å². The molecule has 0 N–H and O–H groups in total. The fraction of sp³-hybridized carbons (Fsp3) is 0.273. The van der Waals surface area contributed by atoms with Crippen LogP contribution in [-0.4, -0.2) is 78.7 Å². The molecule has 0 spiro atoms. The third kappa shape index (κ3) is 5.84. The summed E-state index contributed by atoms with van der Waals surface area (Å²) in [5.74, 6) is 0.251. The van der Waals surface area contributed by atoms with Crippen LogP contribution in [0, 0.1) is 5.82 Å². The Morgan fingerprint density at radius 1 is 0.837 bits per heavy atom. The molecule has 6 aromatic rings. The van der Waals surface area contributed by atoms with Gasteiger partial charge in [0.15, 0.2) is 5.82 Å². The number of likely N-dealkylation sites (N-methyl/N-ethyl adjacent to an activating group) is 1. The van der Waals surface area contributed by atoms with Crippen LogP contribution in [0.1, 0.15) is 5.56 Å². The minimum absolute atomic E-state index is 0.180. The molecule has 10 heteroatoms. The van der Waals surface area contributed by atoms with E-state index in [2.05, 4.69) is 45.4 Å². The second-order valence-corrected chi connectivity index (χ2v) is 11.3. The van der Waals surface area contributed by atoms with E-state index in [9.17, 15) is 9.18 Å². The lowest BCUT2D eigenvalue weighted by atomic mass is 10.1. The number of piperazine rings is 1. The van der Waals surface area contributed by atoms with Crippen molar-refractivity contribution >= 4 is 21.8 Å².